The van der Waals surface area contributed by atoms with Crippen LogP contribution in [0.4, 0.5) is 0 Å². The molecule has 8 heteroatoms. The lowest BCUT2D eigenvalue weighted by molar-refractivity contribution is 0.302. The van der Waals surface area contributed by atoms with Gasteiger partial charge in [-0.05, 0) is 0 Å². The van der Waals surface area contributed by atoms with Crippen LogP contribution in [0.15, 0.2) is 0 Å². The molecule has 0 radical (unpaired) electrons. The van der Waals surface area contributed by atoms with Crippen molar-refractivity contribution >= 4 is 16.5 Å². The van der Waals surface area contributed by atoms with Gasteiger partial charge < -0.3 is 18.5 Å². The second kappa shape index (κ2) is 10.3. The van der Waals surface area contributed by atoms with Crippen LogP contribution in [0.3, 0.4) is 0 Å². The van der Waals surface area contributed by atoms with E-state index in [-0.39, 0.29) is 0 Å². The van der Waals surface area contributed by atoms with Crippen molar-refractivity contribution in [2.24, 2.45) is 0 Å². The molecule has 0 aromatic heterocycles. The molecule has 0 aromatic rings. The van der Waals surface area contributed by atoms with Gasteiger partial charge in [-0.25, -0.2) is 0 Å². The van der Waals surface area contributed by atoms with E-state index < -0.39 is 16.5 Å². The Morgan fingerprint density at radius 3 is 1.27 bits per heavy atom. The molecule has 0 aliphatic rings. The van der Waals surface area contributed by atoms with Crippen LogP contribution in [-0.2, 0) is 22.7 Å². The predicted molar refractivity (Wildman–Crippen MR) is 41.2 cm³/mol. The molecule has 0 bridgehead atoms. The summed E-state index contributed by atoms with van der Waals surface area (Å²) in [4.78, 5) is 7.69. The van der Waals surface area contributed by atoms with Gasteiger partial charge in [0.05, 0.1) is 0 Å². The van der Waals surface area contributed by atoms with Crippen molar-refractivity contribution in [3.05, 3.63) is 0 Å². The molecule has 0 saturated heterocycles. The molecule has 0 rings (SSSR count). The molecule has 0 heterocycles. The molecule has 1 unspecified atom stereocenters. The van der Waals surface area contributed by atoms with Crippen molar-refractivity contribution in [2.45, 2.75) is 0 Å². The van der Waals surface area contributed by atoms with E-state index in [0.29, 0.717) is 0 Å². The minimum absolute atomic E-state index is 1.18. The fourth-order valence-corrected chi connectivity index (χ4v) is 0.250. The van der Waals surface area contributed by atoms with Crippen LogP contribution < -0.4 is 0 Å². The van der Waals surface area contributed by atoms with Crippen LogP contribution in [0.25, 0.3) is 0 Å². The first-order chi connectivity index (χ1) is 5.08. The first-order valence-corrected chi connectivity index (χ1v) is 4.96. The van der Waals surface area contributed by atoms with E-state index in [1.165, 1.54) is 21.3 Å². The molecule has 70 valence electrons. The Kier molecular flexibility index (Phi) is 13.0. The number of rotatable bonds is 3. The van der Waals surface area contributed by atoms with E-state index in [0.717, 1.165) is 0 Å². The summed E-state index contributed by atoms with van der Waals surface area (Å²) in [6.45, 7) is 0. The van der Waals surface area contributed by atoms with Crippen molar-refractivity contribution < 1.29 is 27.6 Å². The number of hydrogen-bond donors (Lipinski definition) is 1. The first-order valence-electron chi connectivity index (χ1n) is 2.47. The maximum Gasteiger partial charge on any atom is 0.318 e. The van der Waals surface area contributed by atoms with Gasteiger partial charge in [-0.2, -0.15) is 0 Å². The second-order valence-corrected chi connectivity index (χ2v) is 3.38. The van der Waals surface area contributed by atoms with Crippen LogP contribution >= 0.6 is 16.5 Å². The average Bonchev–Trinajstić information content (AvgIpc) is 2.04. The predicted octanol–water partition coefficient (Wildman–Crippen LogP) is 0.684. The van der Waals surface area contributed by atoms with Gasteiger partial charge >= 0.3 is 16.5 Å². The Hall–Kier alpha value is 0.300. The van der Waals surface area contributed by atoms with Crippen LogP contribution in [-0.4, -0.2) is 26.2 Å². The SMILES string of the molecule is CO[PH](=O)O.CO[PH](=O)OC. The van der Waals surface area contributed by atoms with Crippen LogP contribution in [0, 0.1) is 0 Å². The zero-order chi connectivity index (χ0) is 9.28. The van der Waals surface area contributed by atoms with Gasteiger partial charge in [0.15, 0.2) is 0 Å². The Morgan fingerprint density at radius 1 is 1.00 bits per heavy atom. The molecule has 1 atom stereocenters. The average molecular weight is 206 g/mol. The van der Waals surface area contributed by atoms with E-state index in [9.17, 15) is 9.13 Å². The van der Waals surface area contributed by atoms with Crippen molar-refractivity contribution in [3.8, 4) is 0 Å². The van der Waals surface area contributed by atoms with Crippen molar-refractivity contribution in [1.82, 2.24) is 0 Å². The lowest BCUT2D eigenvalue weighted by Gasteiger charge is -1.89. The summed E-state index contributed by atoms with van der Waals surface area (Å²) in [5.41, 5.74) is 0. The van der Waals surface area contributed by atoms with Gasteiger partial charge in [0.1, 0.15) is 0 Å². The third kappa shape index (κ3) is 17.9. The van der Waals surface area contributed by atoms with Gasteiger partial charge in [-0.1, -0.05) is 0 Å². The summed E-state index contributed by atoms with van der Waals surface area (Å²) in [5, 5.41) is 0. The second-order valence-electron chi connectivity index (χ2n) is 1.13. The Bertz CT molecular complexity index is 119. The highest BCUT2D eigenvalue weighted by Crippen LogP contribution is 2.18. The highest BCUT2D eigenvalue weighted by Gasteiger charge is 1.83. The summed E-state index contributed by atoms with van der Waals surface area (Å²) >= 11 is 0. The van der Waals surface area contributed by atoms with Crippen molar-refractivity contribution in [3.63, 3.8) is 0 Å². The Labute approximate surface area is 66.4 Å². The topological polar surface area (TPSA) is 82.1 Å². The molecule has 11 heavy (non-hydrogen) atoms. The van der Waals surface area contributed by atoms with Gasteiger partial charge in [-0.3, -0.25) is 9.13 Å². The molecule has 0 saturated carbocycles. The highest BCUT2D eigenvalue weighted by molar-refractivity contribution is 7.33. The maximum atomic E-state index is 9.92. The molecule has 0 aliphatic carbocycles. The van der Waals surface area contributed by atoms with Crippen LogP contribution in [0.1, 0.15) is 0 Å². The minimum Gasteiger partial charge on any atom is -0.326 e. The Morgan fingerprint density at radius 2 is 1.27 bits per heavy atom. The summed E-state index contributed by atoms with van der Waals surface area (Å²) in [5.74, 6) is 0. The van der Waals surface area contributed by atoms with E-state index >= 15 is 0 Å². The van der Waals surface area contributed by atoms with Crippen LogP contribution in [0.2, 0.25) is 0 Å². The normalized spacial score (nSPS) is 12.1. The maximum absolute atomic E-state index is 9.92. The quantitative estimate of drug-likeness (QED) is 0.683. The molecule has 0 fully saturated rings. The van der Waals surface area contributed by atoms with E-state index in [4.69, 9.17) is 4.89 Å². The summed E-state index contributed by atoms with van der Waals surface area (Å²) < 4.78 is 31.6. The lowest BCUT2D eigenvalue weighted by Crippen LogP contribution is -1.66. The molecular formula is C3H12O6P2. The molecule has 0 aliphatic heterocycles. The standard InChI is InChI=1S/C2H7O3P.CH5O3P/c1-4-6(3)5-2;1-4-5(2)3/h6H,1-2H3;5H,1H3,(H,2,3). The molecule has 0 amide bonds. The monoisotopic (exact) mass is 206 g/mol. The smallest absolute Gasteiger partial charge is 0.318 e. The van der Waals surface area contributed by atoms with Crippen molar-refractivity contribution in [2.75, 3.05) is 21.3 Å². The summed E-state index contributed by atoms with van der Waals surface area (Å²) in [7, 11) is -0.884. The number of hydrogen-bond acceptors (Lipinski definition) is 5. The van der Waals surface area contributed by atoms with Gasteiger partial charge in [0.25, 0.3) is 0 Å². The molecule has 1 N–H and O–H groups in total. The molecular weight excluding hydrogens is 194 g/mol. The zero-order valence-corrected chi connectivity index (χ0v) is 8.49. The summed E-state index contributed by atoms with van der Waals surface area (Å²) in [6.07, 6.45) is 0. The van der Waals surface area contributed by atoms with Gasteiger partial charge in [0, 0.05) is 21.3 Å². The van der Waals surface area contributed by atoms with E-state index in [1.54, 1.807) is 0 Å². The van der Waals surface area contributed by atoms with Gasteiger partial charge in [-0.15, -0.1) is 0 Å². The zero-order valence-electron chi connectivity index (χ0n) is 6.49. The minimum atomic E-state index is -2.62. The largest absolute Gasteiger partial charge is 0.326 e. The molecule has 0 aromatic carbocycles. The summed E-state index contributed by atoms with van der Waals surface area (Å²) in [6, 6.07) is 0. The fraction of sp³-hybridized carbons (Fsp3) is 1.00. The molecule has 6 nitrogen and oxygen atoms in total. The van der Waals surface area contributed by atoms with E-state index in [2.05, 4.69) is 13.6 Å². The molecule has 0 spiro atoms. The first kappa shape index (κ1) is 13.9. The third-order valence-corrected chi connectivity index (χ3v) is 1.52. The lowest BCUT2D eigenvalue weighted by atomic mass is 11.8. The fourth-order valence-electron chi connectivity index (χ4n) is 0.0833. The third-order valence-electron chi connectivity index (χ3n) is 0.508. The van der Waals surface area contributed by atoms with Crippen molar-refractivity contribution in [1.29, 1.82) is 0 Å². The highest BCUT2D eigenvalue weighted by atomic mass is 31.1. The van der Waals surface area contributed by atoms with Gasteiger partial charge in [0.2, 0.25) is 0 Å². The Balaban J connectivity index is 0. The van der Waals surface area contributed by atoms with Crippen LogP contribution in [0.5, 0.6) is 0 Å². The van der Waals surface area contributed by atoms with E-state index in [1.807, 2.05) is 0 Å².